The molecule has 0 saturated carbocycles. The molecule has 2 N–H and O–H groups in total. The van der Waals surface area contributed by atoms with Crippen molar-refractivity contribution in [2.45, 2.75) is 20.3 Å². The van der Waals surface area contributed by atoms with Crippen LogP contribution in [0.5, 0.6) is 5.75 Å². The zero-order chi connectivity index (χ0) is 15.3. The van der Waals surface area contributed by atoms with E-state index in [1.165, 1.54) is 6.92 Å². The number of hydrogen-bond donors (Lipinski definition) is 2. The molecule has 0 fully saturated rings. The number of aliphatic carboxylic acids is 2. The van der Waals surface area contributed by atoms with Crippen LogP contribution in [0.25, 0.3) is 6.08 Å². The molecule has 0 unspecified atom stereocenters. The number of carbonyl (C=O) groups is 2. The highest BCUT2D eigenvalue weighted by Crippen LogP contribution is 2.33. The number of carboxylic acid groups (broad SMARTS) is 2. The molecule has 0 bridgehead atoms. The predicted molar refractivity (Wildman–Crippen MR) is 74.6 cm³/mol. The van der Waals surface area contributed by atoms with Crippen LogP contribution in [-0.2, 0) is 9.59 Å². The standard InChI is InChI=1S/C15H18O5/c1-4-15(13(16)17,14(18)19)10(2)9-11-5-7-12(20-3)8-6-11/h5-9H,4H2,1-3H3,(H,16,17)(H,18,19). The van der Waals surface area contributed by atoms with E-state index in [-0.39, 0.29) is 12.0 Å². The Hall–Kier alpha value is -2.30. The molecular formula is C15H18O5. The van der Waals surface area contributed by atoms with E-state index in [1.807, 2.05) is 0 Å². The molecule has 0 aliphatic heterocycles. The van der Waals surface area contributed by atoms with Gasteiger partial charge in [0.2, 0.25) is 0 Å². The van der Waals surface area contributed by atoms with Crippen molar-refractivity contribution < 1.29 is 24.5 Å². The fourth-order valence-electron chi connectivity index (χ4n) is 2.08. The number of carboxylic acids is 2. The molecule has 0 aromatic heterocycles. The minimum atomic E-state index is -1.89. The average molecular weight is 278 g/mol. The molecule has 5 nitrogen and oxygen atoms in total. The third kappa shape index (κ3) is 2.82. The quantitative estimate of drug-likeness (QED) is 0.781. The lowest BCUT2D eigenvalue weighted by Crippen LogP contribution is -2.39. The van der Waals surface area contributed by atoms with Crippen molar-refractivity contribution in [1.29, 1.82) is 0 Å². The van der Waals surface area contributed by atoms with Gasteiger partial charge in [-0.2, -0.15) is 0 Å². The van der Waals surface area contributed by atoms with Gasteiger partial charge in [-0.25, -0.2) is 0 Å². The highest BCUT2D eigenvalue weighted by atomic mass is 16.5. The molecule has 1 rings (SSSR count). The van der Waals surface area contributed by atoms with Crippen LogP contribution in [0.15, 0.2) is 29.8 Å². The molecule has 0 radical (unpaired) electrons. The first-order chi connectivity index (χ1) is 9.38. The van der Waals surface area contributed by atoms with Crippen LogP contribution in [0.2, 0.25) is 0 Å². The van der Waals surface area contributed by atoms with Crippen molar-refractivity contribution in [2.75, 3.05) is 7.11 Å². The number of hydrogen-bond acceptors (Lipinski definition) is 3. The van der Waals surface area contributed by atoms with Crippen LogP contribution in [0, 0.1) is 5.41 Å². The van der Waals surface area contributed by atoms with Crippen LogP contribution in [-0.4, -0.2) is 29.3 Å². The highest BCUT2D eigenvalue weighted by molar-refractivity contribution is 6.02. The first kappa shape index (κ1) is 15.8. The van der Waals surface area contributed by atoms with Crippen LogP contribution < -0.4 is 4.74 Å². The van der Waals surface area contributed by atoms with E-state index in [0.29, 0.717) is 5.75 Å². The fourth-order valence-corrected chi connectivity index (χ4v) is 2.08. The van der Waals surface area contributed by atoms with E-state index in [0.717, 1.165) is 5.56 Å². The molecule has 0 heterocycles. The average Bonchev–Trinajstić information content (AvgIpc) is 2.40. The summed E-state index contributed by atoms with van der Waals surface area (Å²) in [7, 11) is 1.55. The Morgan fingerprint density at radius 1 is 1.20 bits per heavy atom. The topological polar surface area (TPSA) is 83.8 Å². The predicted octanol–water partition coefficient (Wildman–Crippen LogP) is 2.66. The zero-order valence-electron chi connectivity index (χ0n) is 11.7. The van der Waals surface area contributed by atoms with Gasteiger partial charge in [0.05, 0.1) is 7.11 Å². The number of ether oxygens (including phenoxy) is 1. The maximum absolute atomic E-state index is 11.4. The lowest BCUT2D eigenvalue weighted by Gasteiger charge is -2.24. The van der Waals surface area contributed by atoms with E-state index < -0.39 is 17.4 Å². The van der Waals surface area contributed by atoms with Crippen molar-refractivity contribution in [1.82, 2.24) is 0 Å². The van der Waals surface area contributed by atoms with Gasteiger partial charge >= 0.3 is 11.9 Å². The van der Waals surface area contributed by atoms with Crippen molar-refractivity contribution >= 4 is 18.0 Å². The van der Waals surface area contributed by atoms with Gasteiger partial charge in [0.15, 0.2) is 5.41 Å². The van der Waals surface area contributed by atoms with E-state index in [1.54, 1.807) is 44.4 Å². The third-order valence-corrected chi connectivity index (χ3v) is 3.43. The van der Waals surface area contributed by atoms with E-state index in [4.69, 9.17) is 4.74 Å². The highest BCUT2D eigenvalue weighted by Gasteiger charge is 2.46. The zero-order valence-corrected chi connectivity index (χ0v) is 11.7. The largest absolute Gasteiger partial charge is 0.497 e. The molecule has 1 aromatic carbocycles. The number of rotatable bonds is 6. The normalized spacial score (nSPS) is 12.1. The number of benzene rings is 1. The van der Waals surface area contributed by atoms with Crippen molar-refractivity contribution in [3.63, 3.8) is 0 Å². The van der Waals surface area contributed by atoms with Gasteiger partial charge in [-0.1, -0.05) is 25.1 Å². The van der Waals surface area contributed by atoms with Crippen LogP contribution in [0.3, 0.4) is 0 Å². The first-order valence-corrected chi connectivity index (χ1v) is 6.18. The smallest absolute Gasteiger partial charge is 0.325 e. The van der Waals surface area contributed by atoms with Gasteiger partial charge in [0.25, 0.3) is 0 Å². The minimum Gasteiger partial charge on any atom is -0.497 e. The Kier molecular flexibility index (Phi) is 4.91. The number of methoxy groups -OCH3 is 1. The Bertz CT molecular complexity index is 514. The van der Waals surface area contributed by atoms with Crippen molar-refractivity contribution in [2.24, 2.45) is 5.41 Å². The summed E-state index contributed by atoms with van der Waals surface area (Å²) in [6.45, 7) is 3.07. The Balaban J connectivity index is 3.23. The molecule has 5 heteroatoms. The SMILES string of the molecule is CCC(C(=O)O)(C(=O)O)C(C)=Cc1ccc(OC)cc1. The summed E-state index contributed by atoms with van der Waals surface area (Å²) >= 11 is 0. The summed E-state index contributed by atoms with van der Waals surface area (Å²) in [4.78, 5) is 22.8. The summed E-state index contributed by atoms with van der Waals surface area (Å²) in [5.74, 6) is -2.03. The van der Waals surface area contributed by atoms with Crippen molar-refractivity contribution in [3.05, 3.63) is 35.4 Å². The Morgan fingerprint density at radius 2 is 1.70 bits per heavy atom. The van der Waals surface area contributed by atoms with Crippen LogP contribution in [0.4, 0.5) is 0 Å². The molecule has 0 spiro atoms. The molecule has 0 aliphatic carbocycles. The molecule has 0 amide bonds. The monoisotopic (exact) mass is 278 g/mol. The second-order valence-corrected chi connectivity index (χ2v) is 4.47. The molecule has 1 aromatic rings. The van der Waals surface area contributed by atoms with Crippen LogP contribution in [0.1, 0.15) is 25.8 Å². The van der Waals surface area contributed by atoms with Crippen LogP contribution >= 0.6 is 0 Å². The van der Waals surface area contributed by atoms with Gasteiger partial charge in [-0.05, 0) is 36.6 Å². The molecule has 0 atom stereocenters. The van der Waals surface area contributed by atoms with E-state index in [9.17, 15) is 19.8 Å². The lowest BCUT2D eigenvalue weighted by atomic mass is 9.77. The summed E-state index contributed by atoms with van der Waals surface area (Å²) < 4.78 is 5.03. The minimum absolute atomic E-state index is 0.0177. The van der Waals surface area contributed by atoms with Gasteiger partial charge in [-0.3, -0.25) is 9.59 Å². The van der Waals surface area contributed by atoms with Crippen molar-refractivity contribution in [3.8, 4) is 5.75 Å². The molecule has 20 heavy (non-hydrogen) atoms. The Labute approximate surface area is 117 Å². The first-order valence-electron chi connectivity index (χ1n) is 6.18. The second-order valence-electron chi connectivity index (χ2n) is 4.47. The van der Waals surface area contributed by atoms with Gasteiger partial charge in [0, 0.05) is 0 Å². The molecule has 108 valence electrons. The lowest BCUT2D eigenvalue weighted by molar-refractivity contribution is -0.161. The maximum Gasteiger partial charge on any atom is 0.325 e. The maximum atomic E-state index is 11.4. The summed E-state index contributed by atoms with van der Waals surface area (Å²) in [6.07, 6.45) is 1.56. The van der Waals surface area contributed by atoms with E-state index >= 15 is 0 Å². The third-order valence-electron chi connectivity index (χ3n) is 3.43. The summed E-state index contributed by atoms with van der Waals surface area (Å²) in [6, 6.07) is 6.95. The van der Waals surface area contributed by atoms with Gasteiger partial charge in [0.1, 0.15) is 5.75 Å². The Morgan fingerprint density at radius 3 is 2.05 bits per heavy atom. The molecule has 0 aliphatic rings. The van der Waals surface area contributed by atoms with E-state index in [2.05, 4.69) is 0 Å². The summed E-state index contributed by atoms with van der Waals surface area (Å²) in [5.41, 5.74) is -0.881. The molecular weight excluding hydrogens is 260 g/mol. The summed E-state index contributed by atoms with van der Waals surface area (Å²) in [5, 5.41) is 18.6. The second kappa shape index (κ2) is 6.23. The van der Waals surface area contributed by atoms with Gasteiger partial charge in [-0.15, -0.1) is 0 Å². The van der Waals surface area contributed by atoms with Gasteiger partial charge < -0.3 is 14.9 Å². The fraction of sp³-hybridized carbons (Fsp3) is 0.333. The molecule has 0 saturated heterocycles.